The third kappa shape index (κ3) is 4.95. The molecule has 0 spiro atoms. The molecule has 1 aliphatic heterocycles. The lowest BCUT2D eigenvalue weighted by atomic mass is 9.73. The summed E-state index contributed by atoms with van der Waals surface area (Å²) in [4.78, 5) is 4.38. The first kappa shape index (κ1) is 21.6. The van der Waals surface area contributed by atoms with Crippen LogP contribution in [0.3, 0.4) is 0 Å². The van der Waals surface area contributed by atoms with Gasteiger partial charge in [-0.25, -0.2) is 0 Å². The van der Waals surface area contributed by atoms with Gasteiger partial charge in [0, 0.05) is 48.8 Å². The largest absolute Gasteiger partial charge is 0.496 e. The highest BCUT2D eigenvalue weighted by molar-refractivity contribution is 14.0. The Morgan fingerprint density at radius 2 is 2.08 bits per heavy atom. The molecule has 2 fully saturated rings. The molecule has 1 heterocycles. The molecule has 7 heteroatoms. The van der Waals surface area contributed by atoms with Crippen LogP contribution in [0.1, 0.15) is 31.7 Å². The van der Waals surface area contributed by atoms with E-state index in [-0.39, 0.29) is 29.4 Å². The summed E-state index contributed by atoms with van der Waals surface area (Å²) in [6.07, 6.45) is 3.06. The Kier molecular flexibility index (Phi) is 7.85. The number of ether oxygens (including phenoxy) is 2. The van der Waals surface area contributed by atoms with Crippen LogP contribution in [0.4, 0.5) is 0 Å². The highest BCUT2D eigenvalue weighted by Crippen LogP contribution is 2.40. The van der Waals surface area contributed by atoms with Crippen molar-refractivity contribution in [2.75, 3.05) is 33.9 Å². The number of nitrogens with zero attached hydrogens (tertiary/aromatic N) is 1. The monoisotopic (exact) mass is 493 g/mol. The van der Waals surface area contributed by atoms with Gasteiger partial charge in [0.1, 0.15) is 5.75 Å². The van der Waals surface area contributed by atoms with Crippen LogP contribution in [0.2, 0.25) is 5.02 Å². The molecule has 1 aromatic carbocycles. The fourth-order valence-electron chi connectivity index (χ4n) is 3.54. The van der Waals surface area contributed by atoms with Crippen LogP contribution >= 0.6 is 35.6 Å². The molecule has 1 aromatic rings. The van der Waals surface area contributed by atoms with Crippen molar-refractivity contribution in [3.8, 4) is 5.75 Å². The van der Waals surface area contributed by atoms with Gasteiger partial charge in [0.15, 0.2) is 5.96 Å². The number of benzene rings is 1. The van der Waals surface area contributed by atoms with Gasteiger partial charge in [0.2, 0.25) is 0 Å². The molecule has 3 rings (SSSR count). The summed E-state index contributed by atoms with van der Waals surface area (Å²) >= 11 is 6.29. The van der Waals surface area contributed by atoms with E-state index in [1.807, 2.05) is 25.2 Å². The Labute approximate surface area is 178 Å². The van der Waals surface area contributed by atoms with Crippen LogP contribution in [0.25, 0.3) is 0 Å². The average molecular weight is 494 g/mol. The maximum atomic E-state index is 6.29. The van der Waals surface area contributed by atoms with Gasteiger partial charge < -0.3 is 20.1 Å². The van der Waals surface area contributed by atoms with E-state index in [1.54, 1.807) is 7.11 Å². The van der Waals surface area contributed by atoms with Crippen molar-refractivity contribution in [3.63, 3.8) is 0 Å². The number of guanidine groups is 1. The van der Waals surface area contributed by atoms with Crippen LogP contribution in [-0.4, -0.2) is 45.9 Å². The Hall–Kier alpha value is -0.730. The molecule has 0 bridgehead atoms. The minimum absolute atomic E-state index is 0. The first-order valence-corrected chi connectivity index (χ1v) is 9.35. The first-order valence-electron chi connectivity index (χ1n) is 8.97. The molecular formula is C19H29ClIN3O2. The number of nitrogens with one attached hydrogen (secondary N) is 2. The van der Waals surface area contributed by atoms with Gasteiger partial charge in [0.05, 0.1) is 7.11 Å². The zero-order valence-corrected chi connectivity index (χ0v) is 18.8. The lowest BCUT2D eigenvalue weighted by Gasteiger charge is -2.39. The second-order valence-corrected chi connectivity index (χ2v) is 7.56. The minimum atomic E-state index is -0.0821. The molecule has 1 aliphatic carbocycles. The second kappa shape index (κ2) is 9.46. The van der Waals surface area contributed by atoms with Crippen LogP contribution in [0, 0.1) is 5.92 Å². The lowest BCUT2D eigenvalue weighted by Crippen LogP contribution is -2.48. The number of aliphatic imine (C=N–C) groups is 1. The average Bonchev–Trinajstić information content (AvgIpc) is 3.34. The summed E-state index contributed by atoms with van der Waals surface area (Å²) in [6.45, 7) is 4.50. The maximum absolute atomic E-state index is 6.29. The number of methoxy groups -OCH3 is 1. The smallest absolute Gasteiger partial charge is 0.191 e. The van der Waals surface area contributed by atoms with Crippen molar-refractivity contribution in [2.24, 2.45) is 10.9 Å². The predicted octanol–water partition coefficient (Wildman–Crippen LogP) is 3.59. The van der Waals surface area contributed by atoms with Crippen molar-refractivity contribution in [1.82, 2.24) is 10.6 Å². The van der Waals surface area contributed by atoms with Gasteiger partial charge in [-0.15, -0.1) is 24.0 Å². The molecular weight excluding hydrogens is 465 g/mol. The standard InChI is InChI=1S/C19H28ClN3O2.HI/c1-13-10-16(13)23-18(21-2)22-12-19(6-8-25-9-7-19)15-11-14(20)4-5-17(15)24-3;/h4-5,11,13,16H,6-10,12H2,1-3H3,(H2,21,22,23);1H. The highest BCUT2D eigenvalue weighted by atomic mass is 127. The van der Waals surface area contributed by atoms with Gasteiger partial charge in [0.25, 0.3) is 0 Å². The number of hydrogen-bond acceptors (Lipinski definition) is 3. The van der Waals surface area contributed by atoms with E-state index >= 15 is 0 Å². The van der Waals surface area contributed by atoms with Crippen molar-refractivity contribution < 1.29 is 9.47 Å². The highest BCUT2D eigenvalue weighted by Gasteiger charge is 2.38. The van der Waals surface area contributed by atoms with Crippen molar-refractivity contribution in [2.45, 2.75) is 37.6 Å². The van der Waals surface area contributed by atoms with Gasteiger partial charge in [-0.05, 0) is 43.4 Å². The van der Waals surface area contributed by atoms with Crippen molar-refractivity contribution in [1.29, 1.82) is 0 Å². The van der Waals surface area contributed by atoms with Crippen LogP contribution in [0.15, 0.2) is 23.2 Å². The molecule has 0 radical (unpaired) electrons. The van der Waals surface area contributed by atoms with E-state index < -0.39 is 0 Å². The van der Waals surface area contributed by atoms with Gasteiger partial charge in [-0.2, -0.15) is 0 Å². The van der Waals surface area contributed by atoms with Crippen LogP contribution in [-0.2, 0) is 10.2 Å². The molecule has 1 saturated carbocycles. The third-order valence-corrected chi connectivity index (χ3v) is 5.67. The topological polar surface area (TPSA) is 54.9 Å². The van der Waals surface area contributed by atoms with Crippen LogP contribution in [0.5, 0.6) is 5.75 Å². The second-order valence-electron chi connectivity index (χ2n) is 7.13. The summed E-state index contributed by atoms with van der Waals surface area (Å²) in [6, 6.07) is 6.40. The zero-order valence-electron chi connectivity index (χ0n) is 15.7. The van der Waals surface area contributed by atoms with Gasteiger partial charge in [-0.1, -0.05) is 18.5 Å². The fraction of sp³-hybridized carbons (Fsp3) is 0.632. The summed E-state index contributed by atoms with van der Waals surface area (Å²) in [5.41, 5.74) is 1.06. The quantitative estimate of drug-likeness (QED) is 0.374. The Morgan fingerprint density at radius 1 is 1.38 bits per heavy atom. The maximum Gasteiger partial charge on any atom is 0.191 e. The normalized spacial score (nSPS) is 24.4. The van der Waals surface area contributed by atoms with Crippen molar-refractivity contribution in [3.05, 3.63) is 28.8 Å². The minimum Gasteiger partial charge on any atom is -0.496 e. The lowest BCUT2D eigenvalue weighted by molar-refractivity contribution is 0.0505. The first-order chi connectivity index (χ1) is 12.1. The molecule has 2 atom stereocenters. The zero-order chi connectivity index (χ0) is 17.9. The third-order valence-electron chi connectivity index (χ3n) is 5.43. The molecule has 2 N–H and O–H groups in total. The van der Waals surface area contributed by atoms with Crippen LogP contribution < -0.4 is 15.4 Å². The predicted molar refractivity (Wildman–Crippen MR) is 117 cm³/mol. The summed E-state index contributed by atoms with van der Waals surface area (Å²) in [5.74, 6) is 2.47. The molecule has 2 unspecified atom stereocenters. The summed E-state index contributed by atoms with van der Waals surface area (Å²) in [5, 5.41) is 7.75. The number of hydrogen-bond donors (Lipinski definition) is 2. The molecule has 2 aliphatic rings. The molecule has 1 saturated heterocycles. The fourth-order valence-corrected chi connectivity index (χ4v) is 3.72. The van der Waals surface area contributed by atoms with E-state index in [2.05, 4.69) is 22.5 Å². The van der Waals surface area contributed by atoms with E-state index in [1.165, 1.54) is 6.42 Å². The van der Waals surface area contributed by atoms with Crippen molar-refractivity contribution >= 4 is 41.5 Å². The van der Waals surface area contributed by atoms with Gasteiger partial charge in [-0.3, -0.25) is 4.99 Å². The summed E-state index contributed by atoms with van der Waals surface area (Å²) < 4.78 is 11.3. The van der Waals surface area contributed by atoms with E-state index in [0.717, 1.165) is 60.8 Å². The SMILES string of the molecule is CN=C(NCC1(c2cc(Cl)ccc2OC)CCOCC1)NC1CC1C.I. The Morgan fingerprint density at radius 3 is 2.65 bits per heavy atom. The van der Waals surface area contributed by atoms with E-state index in [0.29, 0.717) is 6.04 Å². The Bertz CT molecular complexity index is 635. The Balaban J connectivity index is 0.00000243. The number of rotatable bonds is 5. The van der Waals surface area contributed by atoms with E-state index in [4.69, 9.17) is 21.1 Å². The molecule has 26 heavy (non-hydrogen) atoms. The molecule has 5 nitrogen and oxygen atoms in total. The molecule has 0 amide bonds. The molecule has 0 aromatic heterocycles. The van der Waals surface area contributed by atoms with E-state index in [9.17, 15) is 0 Å². The summed E-state index contributed by atoms with van der Waals surface area (Å²) in [7, 11) is 3.53. The molecule has 146 valence electrons. The number of halogens is 2. The van der Waals surface area contributed by atoms with Gasteiger partial charge >= 0.3 is 0 Å².